The summed E-state index contributed by atoms with van der Waals surface area (Å²) in [6, 6.07) is 1.20. The second kappa shape index (κ2) is 5.86. The molecular formula is C9H13N3O4. The quantitative estimate of drug-likeness (QED) is 0.424. The van der Waals surface area contributed by atoms with Crippen LogP contribution in [0, 0.1) is 10.1 Å². The van der Waals surface area contributed by atoms with Crippen LogP contribution >= 0.6 is 0 Å². The molecule has 1 aromatic rings. The first kappa shape index (κ1) is 12.2. The molecule has 0 fully saturated rings. The number of ether oxygens (including phenoxy) is 1. The summed E-state index contributed by atoms with van der Waals surface area (Å²) in [4.78, 5) is 23.8. The first-order chi connectivity index (χ1) is 7.65. The Kier molecular flexibility index (Phi) is 4.46. The Balaban J connectivity index is 2.43. The number of aromatic nitrogens is 1. The Morgan fingerprint density at radius 2 is 2.44 bits per heavy atom. The molecule has 1 amide bonds. The van der Waals surface area contributed by atoms with Crippen LogP contribution in [-0.2, 0) is 4.74 Å². The molecule has 0 aliphatic heterocycles. The molecule has 0 aliphatic carbocycles. The van der Waals surface area contributed by atoms with Gasteiger partial charge in [0.05, 0.1) is 11.1 Å². The van der Waals surface area contributed by atoms with Crippen molar-refractivity contribution in [1.29, 1.82) is 0 Å². The molecule has 2 N–H and O–H groups in total. The van der Waals surface area contributed by atoms with Crippen molar-refractivity contribution in [2.75, 3.05) is 20.3 Å². The molecule has 0 saturated heterocycles. The molecule has 7 heteroatoms. The zero-order chi connectivity index (χ0) is 12.0. The van der Waals surface area contributed by atoms with Gasteiger partial charge in [0.1, 0.15) is 5.69 Å². The van der Waals surface area contributed by atoms with Gasteiger partial charge in [-0.2, -0.15) is 0 Å². The third-order valence-corrected chi connectivity index (χ3v) is 1.93. The molecule has 0 aliphatic rings. The Hall–Kier alpha value is -1.89. The lowest BCUT2D eigenvalue weighted by molar-refractivity contribution is -0.384. The molecule has 1 aromatic heterocycles. The number of hydrogen-bond donors (Lipinski definition) is 2. The Morgan fingerprint density at radius 3 is 3.00 bits per heavy atom. The van der Waals surface area contributed by atoms with Crippen LogP contribution < -0.4 is 5.32 Å². The fraction of sp³-hybridized carbons (Fsp3) is 0.444. The molecule has 0 saturated carbocycles. The number of amides is 1. The summed E-state index contributed by atoms with van der Waals surface area (Å²) >= 11 is 0. The molecule has 0 radical (unpaired) electrons. The largest absolute Gasteiger partial charge is 0.385 e. The maximum absolute atomic E-state index is 11.4. The Bertz CT molecular complexity index is 375. The van der Waals surface area contributed by atoms with Crippen LogP contribution in [0.1, 0.15) is 16.9 Å². The number of carbonyl (C=O) groups excluding carboxylic acids is 1. The third kappa shape index (κ3) is 3.35. The number of methoxy groups -OCH3 is 1. The van der Waals surface area contributed by atoms with Crippen molar-refractivity contribution in [3.05, 3.63) is 28.1 Å². The van der Waals surface area contributed by atoms with E-state index in [1.165, 1.54) is 12.3 Å². The van der Waals surface area contributed by atoms with Crippen LogP contribution in [0.4, 0.5) is 5.69 Å². The van der Waals surface area contributed by atoms with E-state index in [0.717, 1.165) is 0 Å². The standard InChI is InChI=1S/C9H13N3O4/c1-16-4-2-3-10-9(13)8-5-7(6-11-8)12(14)15/h5-6,11H,2-4H2,1H3,(H,10,13). The highest BCUT2D eigenvalue weighted by Crippen LogP contribution is 2.11. The number of nitrogens with one attached hydrogen (secondary N) is 2. The highest BCUT2D eigenvalue weighted by Gasteiger charge is 2.13. The Labute approximate surface area is 91.9 Å². The molecule has 1 rings (SSSR count). The lowest BCUT2D eigenvalue weighted by atomic mass is 10.3. The third-order valence-electron chi connectivity index (χ3n) is 1.93. The fourth-order valence-corrected chi connectivity index (χ4v) is 1.13. The van der Waals surface area contributed by atoms with E-state index in [2.05, 4.69) is 10.3 Å². The van der Waals surface area contributed by atoms with Gasteiger partial charge >= 0.3 is 0 Å². The van der Waals surface area contributed by atoms with Crippen molar-refractivity contribution in [2.45, 2.75) is 6.42 Å². The lowest BCUT2D eigenvalue weighted by Crippen LogP contribution is -2.25. The van der Waals surface area contributed by atoms with Crippen LogP contribution in [0.15, 0.2) is 12.3 Å². The van der Waals surface area contributed by atoms with Gasteiger partial charge in [0, 0.05) is 26.3 Å². The topological polar surface area (TPSA) is 97.3 Å². The minimum absolute atomic E-state index is 0.123. The molecule has 1 heterocycles. The molecular weight excluding hydrogens is 214 g/mol. The summed E-state index contributed by atoms with van der Waals surface area (Å²) in [6.07, 6.45) is 1.88. The van der Waals surface area contributed by atoms with Gasteiger partial charge in [0.2, 0.25) is 0 Å². The summed E-state index contributed by atoms with van der Waals surface area (Å²) in [6.45, 7) is 1.03. The van der Waals surface area contributed by atoms with E-state index in [9.17, 15) is 14.9 Å². The molecule has 0 aromatic carbocycles. The molecule has 0 spiro atoms. The van der Waals surface area contributed by atoms with Gasteiger partial charge in [-0.1, -0.05) is 0 Å². The average Bonchev–Trinajstić information content (AvgIpc) is 2.73. The predicted octanol–water partition coefficient (Wildman–Crippen LogP) is 0.689. The average molecular weight is 227 g/mol. The van der Waals surface area contributed by atoms with Gasteiger partial charge in [0.25, 0.3) is 11.6 Å². The second-order valence-electron chi connectivity index (χ2n) is 3.13. The minimum atomic E-state index is -0.557. The maximum Gasteiger partial charge on any atom is 0.287 e. The van der Waals surface area contributed by atoms with Gasteiger partial charge in [0.15, 0.2) is 0 Å². The second-order valence-corrected chi connectivity index (χ2v) is 3.13. The van der Waals surface area contributed by atoms with Crippen molar-refractivity contribution < 1.29 is 14.5 Å². The van der Waals surface area contributed by atoms with Gasteiger partial charge in [-0.25, -0.2) is 0 Å². The number of H-pyrrole nitrogens is 1. The zero-order valence-corrected chi connectivity index (χ0v) is 8.86. The van der Waals surface area contributed by atoms with E-state index >= 15 is 0 Å². The molecule has 16 heavy (non-hydrogen) atoms. The van der Waals surface area contributed by atoms with Crippen LogP contribution in [0.3, 0.4) is 0 Å². The molecule has 0 unspecified atom stereocenters. The summed E-state index contributed by atoms with van der Waals surface area (Å²) in [5, 5.41) is 13.0. The maximum atomic E-state index is 11.4. The van der Waals surface area contributed by atoms with E-state index in [1.54, 1.807) is 7.11 Å². The van der Waals surface area contributed by atoms with Crippen LogP contribution in [0.25, 0.3) is 0 Å². The molecule has 7 nitrogen and oxygen atoms in total. The highest BCUT2D eigenvalue weighted by atomic mass is 16.6. The van der Waals surface area contributed by atoms with Gasteiger partial charge in [-0.15, -0.1) is 0 Å². The number of hydrogen-bond acceptors (Lipinski definition) is 4. The highest BCUT2D eigenvalue weighted by molar-refractivity contribution is 5.93. The lowest BCUT2D eigenvalue weighted by Gasteiger charge is -2.02. The van der Waals surface area contributed by atoms with Crippen LogP contribution in [-0.4, -0.2) is 36.1 Å². The zero-order valence-electron chi connectivity index (χ0n) is 8.86. The number of aromatic amines is 1. The van der Waals surface area contributed by atoms with E-state index in [-0.39, 0.29) is 17.3 Å². The van der Waals surface area contributed by atoms with Crippen LogP contribution in [0.2, 0.25) is 0 Å². The number of nitrogens with zero attached hydrogens (tertiary/aromatic N) is 1. The van der Waals surface area contributed by atoms with Crippen molar-refractivity contribution in [3.8, 4) is 0 Å². The van der Waals surface area contributed by atoms with E-state index in [0.29, 0.717) is 19.6 Å². The van der Waals surface area contributed by atoms with Gasteiger partial charge < -0.3 is 15.0 Å². The van der Waals surface area contributed by atoms with Crippen molar-refractivity contribution in [2.24, 2.45) is 0 Å². The molecule has 0 atom stereocenters. The van der Waals surface area contributed by atoms with Crippen LogP contribution in [0.5, 0.6) is 0 Å². The molecule has 88 valence electrons. The summed E-state index contributed by atoms with van der Waals surface area (Å²) < 4.78 is 4.82. The van der Waals surface area contributed by atoms with Crippen molar-refractivity contribution >= 4 is 11.6 Å². The van der Waals surface area contributed by atoms with Crippen molar-refractivity contribution in [3.63, 3.8) is 0 Å². The number of carbonyl (C=O) groups is 1. The summed E-state index contributed by atoms with van der Waals surface area (Å²) in [5.41, 5.74) is 0.0613. The minimum Gasteiger partial charge on any atom is -0.385 e. The summed E-state index contributed by atoms with van der Waals surface area (Å²) in [7, 11) is 1.58. The number of nitro groups is 1. The first-order valence-corrected chi connectivity index (χ1v) is 4.75. The van der Waals surface area contributed by atoms with Gasteiger partial charge in [-0.05, 0) is 6.42 Å². The van der Waals surface area contributed by atoms with E-state index in [1.807, 2.05) is 0 Å². The predicted molar refractivity (Wildman–Crippen MR) is 56.3 cm³/mol. The smallest absolute Gasteiger partial charge is 0.287 e. The van der Waals surface area contributed by atoms with E-state index in [4.69, 9.17) is 4.74 Å². The van der Waals surface area contributed by atoms with Gasteiger partial charge in [-0.3, -0.25) is 14.9 Å². The number of rotatable bonds is 6. The fourth-order valence-electron chi connectivity index (χ4n) is 1.13. The molecule has 0 bridgehead atoms. The van der Waals surface area contributed by atoms with Crippen molar-refractivity contribution in [1.82, 2.24) is 10.3 Å². The van der Waals surface area contributed by atoms with E-state index < -0.39 is 4.92 Å². The summed E-state index contributed by atoms with van der Waals surface area (Å²) in [5.74, 6) is -0.357. The Morgan fingerprint density at radius 1 is 1.69 bits per heavy atom. The SMILES string of the molecule is COCCCNC(=O)c1cc([N+](=O)[O-])c[nH]1. The first-order valence-electron chi connectivity index (χ1n) is 4.75. The monoisotopic (exact) mass is 227 g/mol. The normalized spacial score (nSPS) is 10.1.